The van der Waals surface area contributed by atoms with Gasteiger partial charge in [0.1, 0.15) is 6.54 Å². The molecule has 3 aliphatic rings. The van der Waals surface area contributed by atoms with Crippen molar-refractivity contribution in [1.29, 1.82) is 0 Å². The van der Waals surface area contributed by atoms with Crippen LogP contribution in [0.15, 0.2) is 72.8 Å². The van der Waals surface area contributed by atoms with Crippen molar-refractivity contribution in [3.05, 3.63) is 95.1 Å². The Kier molecular flexibility index (Phi) is 13.6. The number of benzene rings is 3. The second-order valence-corrected chi connectivity index (χ2v) is 16.2. The van der Waals surface area contributed by atoms with Gasteiger partial charge in [-0.25, -0.2) is 4.79 Å². The minimum Gasteiger partial charge on any atom is -0.465 e. The number of likely N-dealkylation sites (tertiary alicyclic amines) is 1. The van der Waals surface area contributed by atoms with Gasteiger partial charge in [0.05, 0.1) is 31.5 Å². The van der Waals surface area contributed by atoms with Crippen LogP contribution in [0.2, 0.25) is 0 Å². The van der Waals surface area contributed by atoms with E-state index in [0.717, 1.165) is 52.6 Å². The number of rotatable bonds is 12. The number of carbonyl (C=O) groups is 3. The summed E-state index contributed by atoms with van der Waals surface area (Å²) in [4.78, 5) is 40.1. The van der Waals surface area contributed by atoms with Gasteiger partial charge in [0.25, 0.3) is 0 Å². The largest absolute Gasteiger partial charge is 0.465 e. The van der Waals surface area contributed by atoms with Gasteiger partial charge in [0, 0.05) is 36.7 Å². The number of urea groups is 1. The molecule has 3 amide bonds. The third kappa shape index (κ3) is 10.9. The molecule has 4 N–H and O–H groups in total. The Morgan fingerprint density at radius 3 is 2.33 bits per heavy atom. The van der Waals surface area contributed by atoms with Crippen molar-refractivity contribution in [1.82, 2.24) is 20.9 Å². The van der Waals surface area contributed by atoms with Gasteiger partial charge in [-0.05, 0) is 93.2 Å². The number of piperidine rings is 1. The van der Waals surface area contributed by atoms with Crippen molar-refractivity contribution >= 4 is 17.9 Å². The topological polar surface area (TPSA) is 138 Å². The second-order valence-electron chi connectivity index (χ2n) is 16.2. The molecule has 3 aromatic rings. The lowest BCUT2D eigenvalue weighted by Crippen LogP contribution is -2.61. The number of fused-ring (bicyclic) bond motifs is 1. The number of aliphatic hydroxyl groups excluding tert-OH is 1. The van der Waals surface area contributed by atoms with Crippen LogP contribution in [0.1, 0.15) is 107 Å². The number of hydrogen-bond donors (Lipinski definition) is 4. The maximum absolute atomic E-state index is 13.8. The lowest BCUT2D eigenvalue weighted by atomic mass is 9.75. The predicted octanol–water partition coefficient (Wildman–Crippen LogP) is 6.69. The van der Waals surface area contributed by atoms with Crippen molar-refractivity contribution in [3.8, 4) is 11.1 Å². The fraction of sp³-hybridized carbons (Fsp3) is 0.523. The molecule has 3 aromatic carbocycles. The number of nitrogens with zero attached hydrogens (tertiary/aromatic N) is 1. The SMILES string of the molecule is CCOC(=O)CNC(=O)NCc1cccc(-c2ccc(C3OC(CN4C(C(=O)NC(C)(C)C)CCC5CCCCC54)CC(c4ccc(CO)cc4)O3)cc2)c1. The summed E-state index contributed by atoms with van der Waals surface area (Å²) in [6.07, 6.45) is 6.30. The predicted molar refractivity (Wildman–Crippen MR) is 211 cm³/mol. The number of nitrogens with one attached hydrogen (secondary N) is 3. The van der Waals surface area contributed by atoms with Crippen molar-refractivity contribution < 1.29 is 33.7 Å². The van der Waals surface area contributed by atoms with Gasteiger partial charge in [-0.1, -0.05) is 79.6 Å². The normalized spacial score (nSPS) is 24.3. The van der Waals surface area contributed by atoms with E-state index in [-0.39, 0.29) is 49.5 Å². The van der Waals surface area contributed by atoms with Gasteiger partial charge in [-0.15, -0.1) is 0 Å². The number of hydrogen-bond acceptors (Lipinski definition) is 8. The second kappa shape index (κ2) is 18.6. The van der Waals surface area contributed by atoms with Crippen LogP contribution in [0.3, 0.4) is 0 Å². The number of amides is 3. The Labute approximate surface area is 325 Å². The third-order valence-corrected chi connectivity index (χ3v) is 10.9. The van der Waals surface area contributed by atoms with Crippen LogP contribution in [0.25, 0.3) is 11.1 Å². The molecule has 6 rings (SSSR count). The van der Waals surface area contributed by atoms with Gasteiger partial charge < -0.3 is 35.3 Å². The lowest BCUT2D eigenvalue weighted by Gasteiger charge is -2.50. The van der Waals surface area contributed by atoms with Gasteiger partial charge >= 0.3 is 12.0 Å². The summed E-state index contributed by atoms with van der Waals surface area (Å²) in [6, 6.07) is 23.8. The highest BCUT2D eigenvalue weighted by atomic mass is 16.7. The van der Waals surface area contributed by atoms with E-state index in [9.17, 15) is 19.5 Å². The summed E-state index contributed by atoms with van der Waals surface area (Å²) in [6.45, 7) is 8.83. The molecule has 1 saturated carbocycles. The van der Waals surface area contributed by atoms with E-state index in [1.807, 2.05) is 81.4 Å². The Morgan fingerprint density at radius 1 is 0.855 bits per heavy atom. The van der Waals surface area contributed by atoms with Crippen LogP contribution >= 0.6 is 0 Å². The number of aliphatic hydroxyl groups is 1. The van der Waals surface area contributed by atoms with Gasteiger partial charge in [-0.3, -0.25) is 14.5 Å². The van der Waals surface area contributed by atoms with Crippen LogP contribution in [0.5, 0.6) is 0 Å². The molecule has 0 radical (unpaired) electrons. The zero-order valence-corrected chi connectivity index (χ0v) is 32.7. The van der Waals surface area contributed by atoms with Crippen LogP contribution in [-0.2, 0) is 37.0 Å². The molecule has 2 aliphatic heterocycles. The van der Waals surface area contributed by atoms with Gasteiger partial charge in [-0.2, -0.15) is 0 Å². The van der Waals surface area contributed by atoms with E-state index in [1.54, 1.807) is 6.92 Å². The molecule has 55 heavy (non-hydrogen) atoms. The van der Waals surface area contributed by atoms with E-state index >= 15 is 0 Å². The van der Waals surface area contributed by atoms with E-state index in [4.69, 9.17) is 14.2 Å². The summed E-state index contributed by atoms with van der Waals surface area (Å²) in [5, 5.41) is 18.3. The minimum absolute atomic E-state index is 0.0199. The molecule has 2 saturated heterocycles. The van der Waals surface area contributed by atoms with Crippen LogP contribution < -0.4 is 16.0 Å². The molecule has 6 atom stereocenters. The quantitative estimate of drug-likeness (QED) is 0.150. The maximum atomic E-state index is 13.8. The Hall–Kier alpha value is -4.29. The summed E-state index contributed by atoms with van der Waals surface area (Å²) in [7, 11) is 0. The highest BCUT2D eigenvalue weighted by Gasteiger charge is 2.44. The number of carbonyl (C=O) groups excluding carboxylic acids is 3. The first-order chi connectivity index (χ1) is 26.5. The van der Waals surface area contributed by atoms with E-state index in [2.05, 4.69) is 33.0 Å². The zero-order chi connectivity index (χ0) is 39.0. The molecule has 296 valence electrons. The van der Waals surface area contributed by atoms with Crippen LogP contribution in [0, 0.1) is 5.92 Å². The van der Waals surface area contributed by atoms with Gasteiger partial charge in [0.15, 0.2) is 6.29 Å². The van der Waals surface area contributed by atoms with E-state index < -0.39 is 18.3 Å². The third-order valence-electron chi connectivity index (χ3n) is 10.9. The lowest BCUT2D eigenvalue weighted by molar-refractivity contribution is -0.255. The highest BCUT2D eigenvalue weighted by molar-refractivity contribution is 5.82. The number of esters is 1. The molecule has 11 nitrogen and oxygen atoms in total. The summed E-state index contributed by atoms with van der Waals surface area (Å²) < 4.78 is 18.4. The maximum Gasteiger partial charge on any atom is 0.325 e. The van der Waals surface area contributed by atoms with Crippen molar-refractivity contribution in [3.63, 3.8) is 0 Å². The molecule has 0 bridgehead atoms. The van der Waals surface area contributed by atoms with Crippen molar-refractivity contribution in [2.75, 3.05) is 19.7 Å². The first-order valence-corrected chi connectivity index (χ1v) is 19.9. The fourth-order valence-corrected chi connectivity index (χ4v) is 8.30. The minimum atomic E-state index is -0.618. The van der Waals surface area contributed by atoms with E-state index in [0.29, 0.717) is 31.5 Å². The molecular formula is C44H58N4O7. The Morgan fingerprint density at radius 2 is 1.60 bits per heavy atom. The molecule has 1 aliphatic carbocycles. The summed E-state index contributed by atoms with van der Waals surface area (Å²) in [5.41, 5.74) is 5.38. The molecule has 0 aromatic heterocycles. The highest BCUT2D eigenvalue weighted by Crippen LogP contribution is 2.42. The molecule has 2 heterocycles. The monoisotopic (exact) mass is 754 g/mol. The summed E-state index contributed by atoms with van der Waals surface area (Å²) >= 11 is 0. The summed E-state index contributed by atoms with van der Waals surface area (Å²) in [5.74, 6) is 0.216. The average molecular weight is 755 g/mol. The van der Waals surface area contributed by atoms with E-state index in [1.165, 1.54) is 19.3 Å². The standard InChI is InChI=1S/C44H58N4O7/c1-5-53-40(50)26-46-43(52)45-25-30-9-8-11-35(23-30)31-17-19-34(20-18-31)42-54-36(24-39(55-42)33-15-13-29(28-49)14-16-33)27-48-37-12-7-6-10-32(37)21-22-38(48)41(51)47-44(2,3)4/h8-9,11,13-20,23,32,36-39,42,49H,5-7,10,12,21-22,24-28H2,1-4H3,(H,47,51)(H2,45,46,52). The van der Waals surface area contributed by atoms with Crippen molar-refractivity contribution in [2.45, 2.75) is 122 Å². The smallest absolute Gasteiger partial charge is 0.325 e. The molecule has 0 spiro atoms. The first-order valence-electron chi connectivity index (χ1n) is 19.9. The molecule has 6 unspecified atom stereocenters. The molecular weight excluding hydrogens is 697 g/mol. The molecule has 3 fully saturated rings. The van der Waals surface area contributed by atoms with Crippen molar-refractivity contribution in [2.24, 2.45) is 5.92 Å². The average Bonchev–Trinajstić information content (AvgIpc) is 3.19. The van der Waals surface area contributed by atoms with Gasteiger partial charge in [0.2, 0.25) is 5.91 Å². The Bertz CT molecular complexity index is 1740. The van der Waals surface area contributed by atoms with Crippen LogP contribution in [0.4, 0.5) is 4.79 Å². The zero-order valence-electron chi connectivity index (χ0n) is 32.7. The number of ether oxygens (including phenoxy) is 3. The first kappa shape index (κ1) is 40.4. The Balaban J connectivity index is 1.19. The molecule has 11 heteroatoms. The van der Waals surface area contributed by atoms with Crippen LogP contribution in [-0.4, -0.2) is 71.3 Å². The fourth-order valence-electron chi connectivity index (χ4n) is 8.30.